The fraction of sp³-hybridized carbons (Fsp3) is 0.304. The summed E-state index contributed by atoms with van der Waals surface area (Å²) < 4.78 is 5.23. The molecule has 0 aliphatic carbocycles. The summed E-state index contributed by atoms with van der Waals surface area (Å²) in [6.07, 6.45) is 4.42. The van der Waals surface area contributed by atoms with E-state index in [2.05, 4.69) is 25.5 Å². The maximum absolute atomic E-state index is 13.0. The van der Waals surface area contributed by atoms with E-state index in [4.69, 9.17) is 4.74 Å². The van der Waals surface area contributed by atoms with Crippen molar-refractivity contribution >= 4 is 39.7 Å². The van der Waals surface area contributed by atoms with Crippen LogP contribution in [0.15, 0.2) is 42.0 Å². The first-order valence-corrected chi connectivity index (χ1v) is 11.6. The van der Waals surface area contributed by atoms with Gasteiger partial charge in [0.15, 0.2) is 5.13 Å². The van der Waals surface area contributed by atoms with E-state index >= 15 is 0 Å². The smallest absolute Gasteiger partial charge is 0.275 e. The lowest BCUT2D eigenvalue weighted by Gasteiger charge is -2.21. The van der Waals surface area contributed by atoms with E-state index in [9.17, 15) is 9.59 Å². The summed E-state index contributed by atoms with van der Waals surface area (Å²) in [7, 11) is 3.53. The van der Waals surface area contributed by atoms with Crippen LogP contribution in [0.3, 0.4) is 0 Å². The van der Waals surface area contributed by atoms with E-state index in [-0.39, 0.29) is 17.5 Å². The van der Waals surface area contributed by atoms with Gasteiger partial charge in [-0.25, -0.2) is 4.98 Å². The molecule has 3 aromatic rings. The number of benzene rings is 1. The molecule has 5 rings (SSSR count). The van der Waals surface area contributed by atoms with Crippen molar-refractivity contribution in [3.63, 3.8) is 0 Å². The summed E-state index contributed by atoms with van der Waals surface area (Å²) in [4.78, 5) is 38.3. The van der Waals surface area contributed by atoms with Crippen LogP contribution in [0.4, 0.5) is 16.5 Å². The van der Waals surface area contributed by atoms with Crippen molar-refractivity contribution in [3.8, 4) is 5.75 Å². The van der Waals surface area contributed by atoms with Gasteiger partial charge >= 0.3 is 0 Å². The number of anilines is 3. The Kier molecular flexibility index (Phi) is 5.69. The lowest BCUT2D eigenvalue weighted by Crippen LogP contribution is -2.30. The summed E-state index contributed by atoms with van der Waals surface area (Å²) in [5, 5.41) is 8.41. The van der Waals surface area contributed by atoms with Gasteiger partial charge in [0.05, 0.1) is 31.2 Å². The fourth-order valence-electron chi connectivity index (χ4n) is 4.21. The van der Waals surface area contributed by atoms with Crippen LogP contribution in [-0.2, 0) is 6.54 Å². The Morgan fingerprint density at radius 2 is 2.18 bits per heavy atom. The largest absolute Gasteiger partial charge is 0.497 e. The number of ether oxygens (including phenoxy) is 1. The van der Waals surface area contributed by atoms with Crippen molar-refractivity contribution in [1.29, 1.82) is 0 Å². The molecular formula is C23H24N6O3S. The predicted octanol–water partition coefficient (Wildman–Crippen LogP) is 2.76. The highest BCUT2D eigenvalue weighted by Crippen LogP contribution is 2.33. The van der Waals surface area contributed by atoms with E-state index in [1.165, 1.54) is 11.3 Å². The van der Waals surface area contributed by atoms with Gasteiger partial charge in [-0.2, -0.15) is 0 Å². The third-order valence-electron chi connectivity index (χ3n) is 6.06. The Morgan fingerprint density at radius 1 is 1.30 bits per heavy atom. The van der Waals surface area contributed by atoms with Gasteiger partial charge in [0.25, 0.3) is 11.8 Å². The molecule has 2 aliphatic heterocycles. The second-order valence-electron chi connectivity index (χ2n) is 8.00. The van der Waals surface area contributed by atoms with E-state index in [0.29, 0.717) is 34.7 Å². The molecule has 0 radical (unpaired) electrons. The molecule has 0 spiro atoms. The minimum atomic E-state index is -0.332. The number of thiazole rings is 1. The molecule has 0 saturated carbocycles. The van der Waals surface area contributed by atoms with Crippen LogP contribution in [-0.4, -0.2) is 55.1 Å². The van der Waals surface area contributed by atoms with E-state index in [0.717, 1.165) is 30.8 Å². The van der Waals surface area contributed by atoms with Crippen LogP contribution in [0.25, 0.3) is 0 Å². The lowest BCUT2D eigenvalue weighted by molar-refractivity contribution is 0.0991. The Bertz CT molecular complexity index is 1210. The summed E-state index contributed by atoms with van der Waals surface area (Å²) in [6, 6.07) is 7.79. The lowest BCUT2D eigenvalue weighted by atomic mass is 10.1. The van der Waals surface area contributed by atoms with Gasteiger partial charge in [-0.05, 0) is 37.2 Å². The highest BCUT2D eigenvalue weighted by molar-refractivity contribution is 7.14. The number of hydrogen-bond acceptors (Lipinski definition) is 8. The van der Waals surface area contributed by atoms with Crippen LogP contribution in [0.5, 0.6) is 5.75 Å². The molecule has 2 N–H and O–H groups in total. The number of amides is 2. The van der Waals surface area contributed by atoms with Crippen molar-refractivity contribution < 1.29 is 14.3 Å². The van der Waals surface area contributed by atoms with E-state index in [1.807, 2.05) is 25.2 Å². The fourth-order valence-corrected chi connectivity index (χ4v) is 5.02. The second-order valence-corrected chi connectivity index (χ2v) is 8.83. The monoisotopic (exact) mass is 464 g/mol. The number of rotatable bonds is 6. The minimum absolute atomic E-state index is 0.145. The SMILES string of the molecule is CNC1CCN(c2ccncc2NC(=O)c2csc(N3Cc4ccc(OC)cc4C3=O)n2)C1. The normalized spacial score (nSPS) is 17.4. The third kappa shape index (κ3) is 4.03. The molecule has 0 bridgehead atoms. The first kappa shape index (κ1) is 21.4. The van der Waals surface area contributed by atoms with Crippen LogP contribution >= 0.6 is 11.3 Å². The first-order chi connectivity index (χ1) is 16.1. The molecule has 2 aromatic heterocycles. The maximum atomic E-state index is 13.0. The summed E-state index contributed by atoms with van der Waals surface area (Å²) >= 11 is 1.27. The first-order valence-electron chi connectivity index (χ1n) is 10.7. The Balaban J connectivity index is 1.32. The van der Waals surface area contributed by atoms with Crippen molar-refractivity contribution in [2.45, 2.75) is 19.0 Å². The molecule has 9 nitrogen and oxygen atoms in total. The number of hydrogen-bond donors (Lipinski definition) is 2. The van der Waals surface area contributed by atoms with Gasteiger partial charge in [0.2, 0.25) is 0 Å². The predicted molar refractivity (Wildman–Crippen MR) is 127 cm³/mol. The zero-order valence-electron chi connectivity index (χ0n) is 18.4. The Hall–Kier alpha value is -3.50. The van der Waals surface area contributed by atoms with Gasteiger partial charge in [0, 0.05) is 36.3 Å². The van der Waals surface area contributed by atoms with Crippen LogP contribution < -0.4 is 25.2 Å². The standard InChI is InChI=1S/C23H24N6O3S/c1-24-15-6-8-28(12-15)20-5-7-25-10-18(20)26-21(30)19-13-33-23(27-19)29-11-14-3-4-16(32-2)9-17(14)22(29)31/h3-5,7,9-10,13,15,24H,6,8,11-12H2,1-2H3,(H,26,30). The number of nitrogens with one attached hydrogen (secondary N) is 2. The number of fused-ring (bicyclic) bond motifs is 1. The Labute approximate surface area is 195 Å². The average Bonchev–Trinajstić information content (AvgIpc) is 3.58. The minimum Gasteiger partial charge on any atom is -0.497 e. The zero-order chi connectivity index (χ0) is 22.9. The highest BCUT2D eigenvalue weighted by atomic mass is 32.1. The summed E-state index contributed by atoms with van der Waals surface area (Å²) in [5.74, 6) is 0.157. The second kappa shape index (κ2) is 8.80. The van der Waals surface area contributed by atoms with Crippen molar-refractivity contribution in [3.05, 3.63) is 58.9 Å². The molecule has 1 unspecified atom stereocenters. The molecule has 170 valence electrons. The van der Waals surface area contributed by atoms with E-state index < -0.39 is 0 Å². The van der Waals surface area contributed by atoms with Crippen LogP contribution in [0, 0.1) is 0 Å². The van der Waals surface area contributed by atoms with Crippen LogP contribution in [0.1, 0.15) is 32.8 Å². The quantitative estimate of drug-likeness (QED) is 0.579. The number of methoxy groups -OCH3 is 1. The van der Waals surface area contributed by atoms with Gasteiger partial charge in [-0.15, -0.1) is 11.3 Å². The highest BCUT2D eigenvalue weighted by Gasteiger charge is 2.31. The van der Waals surface area contributed by atoms with Crippen molar-refractivity contribution in [1.82, 2.24) is 15.3 Å². The molecule has 2 aliphatic rings. The third-order valence-corrected chi connectivity index (χ3v) is 6.92. The van der Waals surface area contributed by atoms with Gasteiger partial charge < -0.3 is 20.3 Å². The van der Waals surface area contributed by atoms with Gasteiger partial charge in [-0.1, -0.05) is 6.07 Å². The molecule has 1 atom stereocenters. The number of nitrogens with zero attached hydrogens (tertiary/aromatic N) is 4. The van der Waals surface area contributed by atoms with Gasteiger partial charge in [-0.3, -0.25) is 19.5 Å². The molecule has 1 aromatic carbocycles. The molecule has 2 amide bonds. The number of pyridine rings is 1. The van der Waals surface area contributed by atoms with Crippen LogP contribution in [0.2, 0.25) is 0 Å². The zero-order valence-corrected chi connectivity index (χ0v) is 19.2. The Morgan fingerprint density at radius 3 is 2.97 bits per heavy atom. The molecule has 10 heteroatoms. The number of likely N-dealkylation sites (N-methyl/N-ethyl adjacent to an activating group) is 1. The molecule has 4 heterocycles. The average molecular weight is 465 g/mol. The number of carbonyl (C=O) groups excluding carboxylic acids is 2. The van der Waals surface area contributed by atoms with Gasteiger partial charge in [0.1, 0.15) is 11.4 Å². The topological polar surface area (TPSA) is 99.7 Å². The summed E-state index contributed by atoms with van der Waals surface area (Å²) in [5.41, 5.74) is 3.35. The maximum Gasteiger partial charge on any atom is 0.275 e. The molecule has 33 heavy (non-hydrogen) atoms. The number of carbonyl (C=O) groups is 2. The molecular weight excluding hydrogens is 440 g/mol. The van der Waals surface area contributed by atoms with E-state index in [1.54, 1.807) is 35.8 Å². The summed E-state index contributed by atoms with van der Waals surface area (Å²) in [6.45, 7) is 2.19. The van der Waals surface area contributed by atoms with Crippen molar-refractivity contribution in [2.24, 2.45) is 0 Å². The molecule has 1 saturated heterocycles. The number of aromatic nitrogens is 2. The van der Waals surface area contributed by atoms with Crippen molar-refractivity contribution in [2.75, 3.05) is 42.4 Å². The molecule has 1 fully saturated rings.